The molecule has 4 atom stereocenters. The number of nitrogens with one attached hydrogen (secondary N) is 3. The first-order valence-electron chi connectivity index (χ1n) is 14.2. The third kappa shape index (κ3) is 8.99. The molecule has 1 heterocycles. The third-order valence-corrected chi connectivity index (χ3v) is 8.85. The van der Waals surface area contributed by atoms with Crippen LogP contribution >= 0.6 is 0 Å². The van der Waals surface area contributed by atoms with Crippen molar-refractivity contribution >= 4 is 34.1 Å². The summed E-state index contributed by atoms with van der Waals surface area (Å²) in [7, 11) is -3.96. The number of ether oxygens (including phenoxy) is 2. The van der Waals surface area contributed by atoms with Gasteiger partial charge >= 0.3 is 5.97 Å². The summed E-state index contributed by atoms with van der Waals surface area (Å²) in [5.41, 5.74) is 1.83. The molecule has 0 bridgehead atoms. The fourth-order valence-corrected chi connectivity index (χ4v) is 6.43. The Balaban J connectivity index is 1.39. The van der Waals surface area contributed by atoms with Gasteiger partial charge in [0.15, 0.2) is 0 Å². The number of amides is 2. The number of hydrogen-bond acceptors (Lipinski definition) is 9. The second kappa shape index (κ2) is 14.9. The minimum Gasteiger partial charge on any atom is -0.465 e. The lowest BCUT2D eigenvalue weighted by Crippen LogP contribution is -2.47. The van der Waals surface area contributed by atoms with Crippen LogP contribution in [0.5, 0.6) is 0 Å². The number of carbonyl (C=O) groups is 3. The van der Waals surface area contributed by atoms with E-state index in [1.165, 1.54) is 18.5 Å². The standard InChI is InChI=1S/C29H38N6O7S/c1-2-41-26(37)17-31-25(36)13-12-24-27(29(38)32-16-22-18-35(19-33-30)14-15-42-22)28(24)34-43(39,40)23-10-8-21(9-11-23)20-6-4-3-5-7-20/h3-11,19,22,24,27-28,34H,2,12-18,30H2,1H3,(H,31,36)(H,32,38)/t22-,24?,27+,28+/m1/s1. The maximum atomic E-state index is 13.3. The number of nitrogens with two attached hydrogens (primary N) is 1. The van der Waals surface area contributed by atoms with E-state index in [0.717, 1.165) is 11.1 Å². The second-order valence-electron chi connectivity index (χ2n) is 10.3. The van der Waals surface area contributed by atoms with E-state index in [9.17, 15) is 22.8 Å². The van der Waals surface area contributed by atoms with Gasteiger partial charge in [0.25, 0.3) is 0 Å². The maximum absolute atomic E-state index is 13.3. The van der Waals surface area contributed by atoms with Crippen LogP contribution in [0.1, 0.15) is 19.8 Å². The first-order valence-corrected chi connectivity index (χ1v) is 15.7. The fourth-order valence-electron chi connectivity index (χ4n) is 5.12. The second-order valence-corrected chi connectivity index (χ2v) is 12.1. The average Bonchev–Trinajstić information content (AvgIpc) is 3.69. The molecule has 232 valence electrons. The van der Waals surface area contributed by atoms with Gasteiger partial charge in [-0.1, -0.05) is 42.5 Å². The zero-order chi connectivity index (χ0) is 30.8. The van der Waals surface area contributed by atoms with Gasteiger partial charge in [0.05, 0.1) is 30.1 Å². The van der Waals surface area contributed by atoms with Crippen molar-refractivity contribution in [2.45, 2.75) is 36.8 Å². The molecule has 0 aromatic heterocycles. The van der Waals surface area contributed by atoms with Crippen molar-refractivity contribution in [3.63, 3.8) is 0 Å². The molecule has 5 N–H and O–H groups in total. The van der Waals surface area contributed by atoms with Gasteiger partial charge in [-0.2, -0.15) is 5.10 Å². The van der Waals surface area contributed by atoms with Gasteiger partial charge in [-0.25, -0.2) is 13.1 Å². The van der Waals surface area contributed by atoms with Crippen LogP contribution in [0, 0.1) is 11.8 Å². The molecule has 2 aromatic rings. The summed E-state index contributed by atoms with van der Waals surface area (Å²) in [6.45, 7) is 3.40. The third-order valence-electron chi connectivity index (χ3n) is 7.38. The number of benzene rings is 2. The molecule has 2 fully saturated rings. The SMILES string of the molecule is CCOC(=O)CNC(=O)CCC1[C@H](NS(=O)(=O)c2ccc(-c3ccccc3)cc2)[C@H]1C(=O)NC[C@@H]1CN(C=NN)CCO1. The lowest BCUT2D eigenvalue weighted by atomic mass is 10.1. The van der Waals surface area contributed by atoms with Crippen molar-refractivity contribution in [1.82, 2.24) is 20.3 Å². The highest BCUT2D eigenvalue weighted by Gasteiger charge is 2.56. The Bertz CT molecular complexity index is 1390. The molecule has 0 spiro atoms. The molecule has 0 radical (unpaired) electrons. The van der Waals surface area contributed by atoms with Gasteiger partial charge in [0.1, 0.15) is 12.9 Å². The van der Waals surface area contributed by atoms with E-state index in [1.54, 1.807) is 19.1 Å². The minimum atomic E-state index is -3.96. The number of hydrogen-bond donors (Lipinski definition) is 4. The Labute approximate surface area is 251 Å². The Morgan fingerprint density at radius 1 is 1.09 bits per heavy atom. The molecule has 14 heteroatoms. The highest BCUT2D eigenvalue weighted by atomic mass is 32.2. The van der Waals surface area contributed by atoms with Gasteiger partial charge in [0.2, 0.25) is 21.8 Å². The molecule has 1 saturated heterocycles. The van der Waals surface area contributed by atoms with E-state index in [2.05, 4.69) is 20.5 Å². The summed E-state index contributed by atoms with van der Waals surface area (Å²) < 4.78 is 39.8. The highest BCUT2D eigenvalue weighted by Crippen LogP contribution is 2.43. The van der Waals surface area contributed by atoms with Gasteiger partial charge in [-0.05, 0) is 42.5 Å². The maximum Gasteiger partial charge on any atom is 0.325 e. The first kappa shape index (κ1) is 31.9. The molecule has 1 saturated carbocycles. The van der Waals surface area contributed by atoms with E-state index in [-0.39, 0.29) is 49.4 Å². The number of hydrazone groups is 1. The predicted octanol–water partition coefficient (Wildman–Crippen LogP) is 0.425. The van der Waals surface area contributed by atoms with Gasteiger partial charge in [-0.15, -0.1) is 0 Å². The highest BCUT2D eigenvalue weighted by molar-refractivity contribution is 7.89. The van der Waals surface area contributed by atoms with Crippen molar-refractivity contribution in [2.75, 3.05) is 39.4 Å². The van der Waals surface area contributed by atoms with E-state index in [1.807, 2.05) is 35.2 Å². The number of carbonyl (C=O) groups excluding carboxylic acids is 3. The van der Waals surface area contributed by atoms with E-state index in [4.69, 9.17) is 15.3 Å². The molecular weight excluding hydrogens is 576 g/mol. The fraction of sp³-hybridized carbons (Fsp3) is 0.448. The summed E-state index contributed by atoms with van der Waals surface area (Å²) in [6, 6.07) is 15.4. The zero-order valence-electron chi connectivity index (χ0n) is 24.0. The molecule has 2 aromatic carbocycles. The van der Waals surface area contributed by atoms with Crippen molar-refractivity contribution in [2.24, 2.45) is 22.8 Å². The number of sulfonamides is 1. The summed E-state index contributed by atoms with van der Waals surface area (Å²) in [6.07, 6.45) is 1.48. The van der Waals surface area contributed by atoms with Crippen LogP contribution in [0.25, 0.3) is 11.1 Å². The molecule has 1 aliphatic heterocycles. The lowest BCUT2D eigenvalue weighted by Gasteiger charge is -2.31. The number of morpholine rings is 1. The smallest absolute Gasteiger partial charge is 0.325 e. The lowest BCUT2D eigenvalue weighted by molar-refractivity contribution is -0.143. The van der Waals surface area contributed by atoms with E-state index in [0.29, 0.717) is 19.7 Å². The quantitative estimate of drug-likeness (QED) is 0.0771. The molecule has 4 rings (SSSR count). The number of rotatable bonds is 14. The molecule has 13 nitrogen and oxygen atoms in total. The largest absolute Gasteiger partial charge is 0.465 e. The number of esters is 1. The van der Waals surface area contributed by atoms with E-state index >= 15 is 0 Å². The molecule has 43 heavy (non-hydrogen) atoms. The van der Waals surface area contributed by atoms with Crippen molar-refractivity contribution in [3.8, 4) is 11.1 Å². The van der Waals surface area contributed by atoms with Crippen molar-refractivity contribution in [3.05, 3.63) is 54.6 Å². The first-order chi connectivity index (χ1) is 20.7. The monoisotopic (exact) mass is 614 g/mol. The van der Waals surface area contributed by atoms with Gasteiger partial charge < -0.3 is 30.8 Å². The minimum absolute atomic E-state index is 0.0109. The molecule has 2 aliphatic rings. The average molecular weight is 615 g/mol. The Morgan fingerprint density at radius 3 is 2.51 bits per heavy atom. The van der Waals surface area contributed by atoms with Crippen LogP contribution in [0.3, 0.4) is 0 Å². The molecule has 2 amide bonds. The van der Waals surface area contributed by atoms with Gasteiger partial charge in [0, 0.05) is 32.1 Å². The van der Waals surface area contributed by atoms with Crippen LogP contribution < -0.4 is 21.2 Å². The Kier molecular flexibility index (Phi) is 11.1. The Hall–Kier alpha value is -4.01. The number of nitrogens with zero attached hydrogens (tertiary/aromatic N) is 2. The summed E-state index contributed by atoms with van der Waals surface area (Å²) in [5, 5.41) is 8.89. The molecule has 1 unspecified atom stereocenters. The predicted molar refractivity (Wildman–Crippen MR) is 159 cm³/mol. The van der Waals surface area contributed by atoms with Gasteiger partial charge in [-0.3, -0.25) is 14.4 Å². The zero-order valence-corrected chi connectivity index (χ0v) is 24.8. The van der Waals surface area contributed by atoms with Crippen molar-refractivity contribution in [1.29, 1.82) is 0 Å². The Morgan fingerprint density at radius 2 is 1.81 bits per heavy atom. The van der Waals surface area contributed by atoms with E-state index < -0.39 is 39.8 Å². The molecule has 1 aliphatic carbocycles. The van der Waals surface area contributed by atoms with Crippen LogP contribution in [0.4, 0.5) is 0 Å². The topological polar surface area (TPSA) is 182 Å². The van der Waals surface area contributed by atoms with Crippen LogP contribution in [0.15, 0.2) is 64.6 Å². The summed E-state index contributed by atoms with van der Waals surface area (Å²) in [5.74, 6) is 2.86. The normalized spacial score (nSPS) is 21.7. The summed E-state index contributed by atoms with van der Waals surface area (Å²) >= 11 is 0. The van der Waals surface area contributed by atoms with Crippen LogP contribution in [-0.2, 0) is 33.9 Å². The molecular formula is C29H38N6O7S. The van der Waals surface area contributed by atoms with Crippen LogP contribution in [-0.4, -0.2) is 89.0 Å². The van der Waals surface area contributed by atoms with Crippen LogP contribution in [0.2, 0.25) is 0 Å². The summed E-state index contributed by atoms with van der Waals surface area (Å²) in [4.78, 5) is 39.1. The van der Waals surface area contributed by atoms with Crippen molar-refractivity contribution < 1.29 is 32.3 Å².